The van der Waals surface area contributed by atoms with Gasteiger partial charge in [0.2, 0.25) is 11.8 Å². The van der Waals surface area contributed by atoms with Gasteiger partial charge in [0.15, 0.2) is 0 Å². The molecule has 2 amide bonds. The molecule has 26 heavy (non-hydrogen) atoms. The average Bonchev–Trinajstić information content (AvgIpc) is 3.08. The van der Waals surface area contributed by atoms with Gasteiger partial charge in [-0.25, -0.2) is 0 Å². The molecule has 0 saturated carbocycles. The number of rotatable bonds is 3. The summed E-state index contributed by atoms with van der Waals surface area (Å²) in [5.41, 5.74) is 4.38. The Morgan fingerprint density at radius 1 is 1.12 bits per heavy atom. The number of benzene rings is 2. The second-order valence-electron chi connectivity index (χ2n) is 7.15. The van der Waals surface area contributed by atoms with Crippen molar-refractivity contribution in [3.63, 3.8) is 0 Å². The van der Waals surface area contributed by atoms with Crippen LogP contribution in [0.1, 0.15) is 30.9 Å². The van der Waals surface area contributed by atoms with Crippen LogP contribution in [0.5, 0.6) is 0 Å². The van der Waals surface area contributed by atoms with E-state index in [1.54, 1.807) is 4.90 Å². The first-order valence-electron chi connectivity index (χ1n) is 9.46. The van der Waals surface area contributed by atoms with Gasteiger partial charge in [-0.1, -0.05) is 37.3 Å². The van der Waals surface area contributed by atoms with Gasteiger partial charge in [0.25, 0.3) is 0 Å². The van der Waals surface area contributed by atoms with E-state index >= 15 is 0 Å². The molecule has 0 radical (unpaired) electrons. The summed E-state index contributed by atoms with van der Waals surface area (Å²) in [5.74, 6) is -0.143. The number of hydrogen-bond donors (Lipinski definition) is 0. The number of amides is 2. The molecule has 0 aliphatic carbocycles. The molecule has 2 aliphatic heterocycles. The summed E-state index contributed by atoms with van der Waals surface area (Å²) in [6.07, 6.45) is 3.27. The highest BCUT2D eigenvalue weighted by atomic mass is 16.2. The minimum Gasteiger partial charge on any atom is -0.312 e. The number of nitrogens with zero attached hydrogens (tertiary/aromatic N) is 2. The van der Waals surface area contributed by atoms with Gasteiger partial charge in [-0.05, 0) is 48.6 Å². The molecule has 1 saturated heterocycles. The van der Waals surface area contributed by atoms with Gasteiger partial charge in [0.1, 0.15) is 0 Å². The maximum atomic E-state index is 13.1. The normalized spacial score (nSPS) is 19.6. The van der Waals surface area contributed by atoms with E-state index in [1.807, 2.05) is 35.2 Å². The Morgan fingerprint density at radius 2 is 1.88 bits per heavy atom. The van der Waals surface area contributed by atoms with Crippen LogP contribution < -0.4 is 9.80 Å². The average molecular weight is 348 g/mol. The summed E-state index contributed by atoms with van der Waals surface area (Å²) in [6, 6.07) is 16.2. The van der Waals surface area contributed by atoms with Crippen LogP contribution >= 0.6 is 0 Å². The fourth-order valence-corrected chi connectivity index (χ4v) is 4.02. The molecule has 0 aromatic heterocycles. The molecular weight excluding hydrogens is 324 g/mol. The van der Waals surface area contributed by atoms with E-state index < -0.39 is 0 Å². The molecule has 134 valence electrons. The maximum Gasteiger partial charge on any atom is 0.232 e. The minimum absolute atomic E-state index is 0.0397. The van der Waals surface area contributed by atoms with Gasteiger partial charge in [-0.15, -0.1) is 0 Å². The van der Waals surface area contributed by atoms with Crippen LogP contribution in [0.2, 0.25) is 0 Å². The summed E-state index contributed by atoms with van der Waals surface area (Å²) < 4.78 is 0. The second-order valence-corrected chi connectivity index (χ2v) is 7.15. The lowest BCUT2D eigenvalue weighted by atomic mass is 9.99. The van der Waals surface area contributed by atoms with Crippen molar-refractivity contribution in [2.24, 2.45) is 5.92 Å². The van der Waals surface area contributed by atoms with Crippen molar-refractivity contribution in [2.45, 2.75) is 32.6 Å². The van der Waals surface area contributed by atoms with Crippen molar-refractivity contribution >= 4 is 23.2 Å². The van der Waals surface area contributed by atoms with E-state index in [0.29, 0.717) is 13.0 Å². The molecular formula is C22H24N2O2. The van der Waals surface area contributed by atoms with Crippen molar-refractivity contribution in [3.05, 3.63) is 59.7 Å². The smallest absolute Gasteiger partial charge is 0.232 e. The van der Waals surface area contributed by atoms with Crippen LogP contribution in [-0.2, 0) is 22.4 Å². The Morgan fingerprint density at radius 3 is 2.65 bits per heavy atom. The zero-order valence-corrected chi connectivity index (χ0v) is 15.1. The molecule has 4 nitrogen and oxygen atoms in total. The Labute approximate surface area is 154 Å². The molecule has 2 heterocycles. The van der Waals surface area contributed by atoms with Crippen molar-refractivity contribution in [3.8, 4) is 0 Å². The van der Waals surface area contributed by atoms with Gasteiger partial charge in [-0.3, -0.25) is 9.59 Å². The Bertz CT molecular complexity index is 828. The SMILES string of the molecule is CCc1ccc(N2C[C@H](C(=O)N3CCCc4ccccc43)CC2=O)cc1. The summed E-state index contributed by atoms with van der Waals surface area (Å²) in [6.45, 7) is 3.33. The molecule has 0 bridgehead atoms. The van der Waals surface area contributed by atoms with Crippen molar-refractivity contribution in [2.75, 3.05) is 22.9 Å². The van der Waals surface area contributed by atoms with E-state index in [1.165, 1.54) is 11.1 Å². The summed E-state index contributed by atoms with van der Waals surface area (Å²) in [7, 11) is 0. The van der Waals surface area contributed by atoms with Gasteiger partial charge < -0.3 is 9.80 Å². The van der Waals surface area contributed by atoms with Crippen LogP contribution in [0.25, 0.3) is 0 Å². The quantitative estimate of drug-likeness (QED) is 0.851. The van der Waals surface area contributed by atoms with Crippen molar-refractivity contribution < 1.29 is 9.59 Å². The van der Waals surface area contributed by atoms with Crippen molar-refractivity contribution in [1.82, 2.24) is 0 Å². The molecule has 2 aromatic carbocycles. The van der Waals surface area contributed by atoms with Crippen molar-refractivity contribution in [1.29, 1.82) is 0 Å². The number of aryl methyl sites for hydroxylation is 2. The first kappa shape index (κ1) is 16.8. The van der Waals surface area contributed by atoms with Crippen LogP contribution in [0.15, 0.2) is 48.5 Å². The third-order valence-corrected chi connectivity index (χ3v) is 5.51. The van der Waals surface area contributed by atoms with Gasteiger partial charge in [0.05, 0.1) is 5.92 Å². The molecule has 2 aliphatic rings. The standard InChI is InChI=1S/C22H24N2O2/c1-2-16-9-11-19(12-10-16)24-15-18(14-21(24)25)22(26)23-13-5-7-17-6-3-4-8-20(17)23/h3-4,6,8-12,18H,2,5,7,13-15H2,1H3/t18-/m1/s1. The number of hydrogen-bond acceptors (Lipinski definition) is 2. The molecule has 4 heteroatoms. The minimum atomic E-state index is -0.264. The molecule has 0 N–H and O–H groups in total. The monoisotopic (exact) mass is 348 g/mol. The molecule has 0 unspecified atom stereocenters. The molecule has 4 rings (SSSR count). The van der Waals surface area contributed by atoms with Gasteiger partial charge in [-0.2, -0.15) is 0 Å². The summed E-state index contributed by atoms with van der Waals surface area (Å²) in [4.78, 5) is 29.3. The second kappa shape index (κ2) is 6.94. The summed E-state index contributed by atoms with van der Waals surface area (Å²) in [5, 5.41) is 0. The highest BCUT2D eigenvalue weighted by Gasteiger charge is 2.38. The zero-order chi connectivity index (χ0) is 18.1. The number of anilines is 2. The predicted molar refractivity (Wildman–Crippen MR) is 103 cm³/mol. The third-order valence-electron chi connectivity index (χ3n) is 5.51. The first-order valence-corrected chi connectivity index (χ1v) is 9.46. The molecule has 1 fully saturated rings. The third kappa shape index (κ3) is 3.00. The molecule has 2 aromatic rings. The van der Waals surface area contributed by atoms with Gasteiger partial charge >= 0.3 is 0 Å². The fraction of sp³-hybridized carbons (Fsp3) is 0.364. The highest BCUT2D eigenvalue weighted by molar-refractivity contribution is 6.04. The van der Waals surface area contributed by atoms with Crippen LogP contribution in [-0.4, -0.2) is 24.9 Å². The zero-order valence-electron chi connectivity index (χ0n) is 15.1. The lowest BCUT2D eigenvalue weighted by Gasteiger charge is -2.31. The first-order chi connectivity index (χ1) is 12.7. The largest absolute Gasteiger partial charge is 0.312 e. The van der Waals surface area contributed by atoms with E-state index in [4.69, 9.17) is 0 Å². The lowest BCUT2D eigenvalue weighted by Crippen LogP contribution is -2.40. The summed E-state index contributed by atoms with van der Waals surface area (Å²) >= 11 is 0. The van der Waals surface area contributed by atoms with Crippen LogP contribution in [0.4, 0.5) is 11.4 Å². The predicted octanol–water partition coefficient (Wildman–Crippen LogP) is 3.58. The van der Waals surface area contributed by atoms with Gasteiger partial charge in [0, 0.05) is 30.9 Å². The van der Waals surface area contributed by atoms with E-state index in [2.05, 4.69) is 25.1 Å². The van der Waals surface area contributed by atoms with Crippen LogP contribution in [0, 0.1) is 5.92 Å². The molecule has 0 spiro atoms. The van der Waals surface area contributed by atoms with E-state index in [9.17, 15) is 9.59 Å². The highest BCUT2D eigenvalue weighted by Crippen LogP contribution is 2.32. The topological polar surface area (TPSA) is 40.6 Å². The number of fused-ring (bicyclic) bond motifs is 1. The maximum absolute atomic E-state index is 13.1. The number of para-hydroxylation sites is 1. The number of carbonyl (C=O) groups excluding carboxylic acids is 2. The lowest BCUT2D eigenvalue weighted by molar-refractivity contribution is -0.124. The Hall–Kier alpha value is -2.62. The van der Waals surface area contributed by atoms with E-state index in [-0.39, 0.29) is 17.7 Å². The fourth-order valence-electron chi connectivity index (χ4n) is 4.02. The van der Waals surface area contributed by atoms with Crippen LogP contribution in [0.3, 0.4) is 0 Å². The Kier molecular flexibility index (Phi) is 4.49. The van der Waals surface area contributed by atoms with E-state index in [0.717, 1.165) is 37.2 Å². The Balaban J connectivity index is 1.52. The number of carbonyl (C=O) groups is 2. The molecule has 1 atom stereocenters.